The van der Waals surface area contributed by atoms with E-state index in [2.05, 4.69) is 101 Å². The summed E-state index contributed by atoms with van der Waals surface area (Å²) in [7, 11) is 0. The minimum absolute atomic E-state index is 0.528. The van der Waals surface area contributed by atoms with E-state index < -0.39 is 5.66 Å². The topological polar surface area (TPSA) is 21.3 Å². The summed E-state index contributed by atoms with van der Waals surface area (Å²) in [6.07, 6.45) is 4.84. The van der Waals surface area contributed by atoms with Crippen molar-refractivity contribution in [1.82, 2.24) is 5.09 Å². The number of benzene rings is 2. The van der Waals surface area contributed by atoms with Crippen LogP contribution in [0, 0.1) is 0 Å². The van der Waals surface area contributed by atoms with Gasteiger partial charge in [-0.05, 0) is 0 Å². The third kappa shape index (κ3) is 7.80. The van der Waals surface area contributed by atoms with Crippen molar-refractivity contribution in [3.8, 4) is 0 Å². The maximum atomic E-state index is 5.28. The van der Waals surface area contributed by atoms with E-state index in [1.807, 2.05) is 0 Å². The van der Waals surface area contributed by atoms with Crippen molar-refractivity contribution in [2.75, 3.05) is 25.5 Å². The fourth-order valence-electron chi connectivity index (χ4n) is 3.38. The third-order valence-electron chi connectivity index (χ3n) is 4.83. The molecular formula is C23H32NOPSe. The Kier molecular flexibility index (Phi) is 9.59. The fourth-order valence-corrected chi connectivity index (χ4v) is 9.94. The molecule has 0 saturated heterocycles. The van der Waals surface area contributed by atoms with Crippen LogP contribution in [0.1, 0.15) is 43.2 Å². The molecule has 0 aliphatic rings. The average molecular weight is 448 g/mol. The number of ether oxygens (including phenoxy) is 1. The Morgan fingerprint density at radius 1 is 0.963 bits per heavy atom. The molecule has 146 valence electrons. The van der Waals surface area contributed by atoms with Crippen LogP contribution in [0.25, 0.3) is 0 Å². The molecular weight excluding hydrogens is 416 g/mol. The van der Waals surface area contributed by atoms with Crippen molar-refractivity contribution < 1.29 is 4.74 Å². The van der Waals surface area contributed by atoms with Gasteiger partial charge in [0, 0.05) is 0 Å². The van der Waals surface area contributed by atoms with Crippen molar-refractivity contribution in [3.05, 3.63) is 84.6 Å². The standard InChI is InChI=1S/C23H32NOPSe/c1-4-25-17-11-16-24-26(27,18-20(2)22-12-7-5-8-13-22)19-21(3)23-14-9-6-10-15-23/h4-10,12-15,20-21H,1,11,16-19H2,2-3H3,(H,24,27). The SMILES string of the molecule is C=COCCCNP(=[Se])(CC(C)c1ccccc1)CC(C)c1ccccc1. The molecule has 1 N–H and O–H groups in total. The van der Waals surface area contributed by atoms with Gasteiger partial charge in [-0.2, -0.15) is 0 Å². The summed E-state index contributed by atoms with van der Waals surface area (Å²) in [4.78, 5) is 0. The van der Waals surface area contributed by atoms with Gasteiger partial charge in [-0.3, -0.25) is 0 Å². The average Bonchev–Trinajstić information content (AvgIpc) is 2.69. The van der Waals surface area contributed by atoms with Gasteiger partial charge in [0.1, 0.15) is 0 Å². The molecule has 0 aliphatic carbocycles. The van der Waals surface area contributed by atoms with Gasteiger partial charge in [0.05, 0.1) is 0 Å². The van der Waals surface area contributed by atoms with Crippen molar-refractivity contribution in [2.45, 2.75) is 32.1 Å². The predicted molar refractivity (Wildman–Crippen MR) is 121 cm³/mol. The normalized spacial score (nSPS) is 15.5. The number of rotatable bonds is 12. The molecule has 4 heteroatoms. The van der Waals surface area contributed by atoms with Gasteiger partial charge < -0.3 is 0 Å². The summed E-state index contributed by atoms with van der Waals surface area (Å²) in [6.45, 7) is 9.99. The van der Waals surface area contributed by atoms with Gasteiger partial charge in [-0.25, -0.2) is 0 Å². The van der Waals surface area contributed by atoms with Crippen LogP contribution >= 0.6 is 5.66 Å². The predicted octanol–water partition coefficient (Wildman–Crippen LogP) is 5.75. The molecule has 2 unspecified atom stereocenters. The summed E-state index contributed by atoms with van der Waals surface area (Å²) in [6, 6.07) is 21.7. The number of hydrogen-bond acceptors (Lipinski definition) is 2. The first-order valence-corrected chi connectivity index (χ1v) is 14.1. The number of nitrogens with one attached hydrogen (secondary N) is 1. The molecule has 27 heavy (non-hydrogen) atoms. The molecule has 2 rings (SSSR count). The quantitative estimate of drug-likeness (QED) is 0.193. The maximum absolute atomic E-state index is 5.28. The Labute approximate surface area is 172 Å². The van der Waals surface area contributed by atoms with Gasteiger partial charge in [0.15, 0.2) is 0 Å². The number of hydrogen-bond donors (Lipinski definition) is 1. The Morgan fingerprint density at radius 3 is 1.89 bits per heavy atom. The third-order valence-corrected chi connectivity index (χ3v) is 10.6. The van der Waals surface area contributed by atoms with E-state index in [0.29, 0.717) is 11.8 Å². The summed E-state index contributed by atoms with van der Waals surface area (Å²) >= 11 is 3.62. The van der Waals surface area contributed by atoms with Gasteiger partial charge in [-0.15, -0.1) is 0 Å². The van der Waals surface area contributed by atoms with Crippen molar-refractivity contribution >= 4 is 20.8 Å². The van der Waals surface area contributed by atoms with Crippen LogP contribution < -0.4 is 5.09 Å². The second kappa shape index (κ2) is 11.7. The van der Waals surface area contributed by atoms with Crippen LogP contribution in [-0.2, 0) is 4.74 Å². The van der Waals surface area contributed by atoms with Gasteiger partial charge in [-0.1, -0.05) is 0 Å². The first-order valence-electron chi connectivity index (χ1n) is 9.69. The van der Waals surface area contributed by atoms with Gasteiger partial charge in [0.25, 0.3) is 0 Å². The molecule has 2 aromatic carbocycles. The van der Waals surface area contributed by atoms with Crippen LogP contribution in [-0.4, -0.2) is 40.6 Å². The van der Waals surface area contributed by atoms with Crippen LogP contribution in [0.4, 0.5) is 0 Å². The molecule has 0 heterocycles. The molecule has 0 fully saturated rings. The van der Waals surface area contributed by atoms with Crippen LogP contribution in [0.5, 0.6) is 0 Å². The Hall–Kier alpha value is -1.11. The molecule has 0 aromatic heterocycles. The van der Waals surface area contributed by atoms with Crippen molar-refractivity contribution in [2.24, 2.45) is 0 Å². The minimum atomic E-state index is -1.42. The first kappa shape index (κ1) is 22.2. The zero-order chi connectivity index (χ0) is 19.5. The van der Waals surface area contributed by atoms with Gasteiger partial charge in [0.2, 0.25) is 0 Å². The van der Waals surface area contributed by atoms with E-state index in [9.17, 15) is 0 Å². The Balaban J connectivity index is 2.07. The van der Waals surface area contributed by atoms with Crippen LogP contribution in [0.3, 0.4) is 0 Å². The van der Waals surface area contributed by atoms with E-state index >= 15 is 0 Å². The second-order valence-corrected chi connectivity index (χ2v) is 14.4. The molecule has 2 aromatic rings. The van der Waals surface area contributed by atoms with Crippen LogP contribution in [0.2, 0.25) is 0 Å². The molecule has 0 aliphatic heterocycles. The molecule has 2 atom stereocenters. The van der Waals surface area contributed by atoms with Crippen LogP contribution in [0.15, 0.2) is 73.5 Å². The summed E-state index contributed by atoms with van der Waals surface area (Å²) in [5.74, 6) is 1.06. The molecule has 0 saturated carbocycles. The fraction of sp³-hybridized carbons (Fsp3) is 0.391. The van der Waals surface area contributed by atoms with E-state index in [1.54, 1.807) is 0 Å². The summed E-state index contributed by atoms with van der Waals surface area (Å²) in [5, 5.41) is 3.90. The van der Waals surface area contributed by atoms with E-state index in [0.717, 1.165) is 31.9 Å². The summed E-state index contributed by atoms with van der Waals surface area (Å²) in [5.41, 5.74) is 1.42. The van der Waals surface area contributed by atoms with E-state index in [4.69, 9.17) is 4.74 Å². The Bertz CT molecular complexity index is 668. The first-order chi connectivity index (χ1) is 13.0. The molecule has 0 spiro atoms. The van der Waals surface area contributed by atoms with E-state index in [-0.39, 0.29) is 0 Å². The van der Waals surface area contributed by atoms with Crippen molar-refractivity contribution in [1.29, 1.82) is 0 Å². The Morgan fingerprint density at radius 2 is 1.44 bits per heavy atom. The molecule has 0 radical (unpaired) electrons. The summed E-state index contributed by atoms with van der Waals surface area (Å²) < 4.78 is 5.28. The van der Waals surface area contributed by atoms with E-state index in [1.165, 1.54) is 17.4 Å². The zero-order valence-corrected chi connectivity index (χ0v) is 19.1. The zero-order valence-electron chi connectivity index (χ0n) is 16.5. The molecule has 0 bridgehead atoms. The van der Waals surface area contributed by atoms with Gasteiger partial charge >= 0.3 is 173 Å². The second-order valence-electron chi connectivity index (χ2n) is 7.18. The van der Waals surface area contributed by atoms with Crippen molar-refractivity contribution in [3.63, 3.8) is 0 Å². The molecule has 2 nitrogen and oxygen atoms in total. The monoisotopic (exact) mass is 449 g/mol. The molecule has 0 amide bonds.